The maximum atomic E-state index is 14.7. The number of carbonyl (C=O) groups excluding carboxylic acids is 10. The van der Waals surface area contributed by atoms with Crippen LogP contribution in [0, 0.1) is 12.8 Å². The predicted molar refractivity (Wildman–Crippen MR) is 408 cm³/mol. The summed E-state index contributed by atoms with van der Waals surface area (Å²) in [5.41, 5.74) is 26.2. The third-order valence-electron chi connectivity index (χ3n) is 17.1. The van der Waals surface area contributed by atoms with E-state index in [-0.39, 0.29) is 92.8 Å². The molecule has 0 saturated carbocycles. The number of fused-ring (bicyclic) bond motifs is 1. The number of hydrogen-bond donors (Lipinski definition) is 17. The first kappa shape index (κ1) is 85.7. The van der Waals surface area contributed by atoms with Crippen LogP contribution in [0.25, 0.3) is 10.9 Å². The lowest BCUT2D eigenvalue weighted by atomic mass is 10.00. The molecule has 0 radical (unpaired) electrons. The van der Waals surface area contributed by atoms with Gasteiger partial charge in [-0.15, -0.1) is 0 Å². The average Bonchev–Trinajstić information content (AvgIpc) is 0.943. The summed E-state index contributed by atoms with van der Waals surface area (Å²) in [4.78, 5) is 152. The number of benzene rings is 4. The van der Waals surface area contributed by atoms with Gasteiger partial charge in [-0.05, 0) is 139 Å². The predicted octanol–water partition coefficient (Wildman–Crippen LogP) is 0.969. The molecule has 109 heavy (non-hydrogen) atoms. The largest absolute Gasteiger partial charge is 0.493 e. The van der Waals surface area contributed by atoms with Crippen LogP contribution >= 0.6 is 23.4 Å². The fourth-order valence-corrected chi connectivity index (χ4v) is 12.4. The van der Waals surface area contributed by atoms with Crippen molar-refractivity contribution in [2.24, 2.45) is 33.8 Å². The fourth-order valence-electron chi connectivity index (χ4n) is 11.4. The normalized spacial score (nSPS) is 19.9. The fraction of sp³-hybridized carbons (Fsp3) is 0.438. The molecule has 4 aromatic carbocycles. The zero-order chi connectivity index (χ0) is 79.4. The summed E-state index contributed by atoms with van der Waals surface area (Å²) in [6.07, 6.45) is -2.98. The molecule has 2 aromatic heterocycles. The third kappa shape index (κ3) is 25.5. The summed E-state index contributed by atoms with van der Waals surface area (Å²) in [6, 6.07) is 13.1. The van der Waals surface area contributed by atoms with Crippen molar-refractivity contribution in [3.63, 3.8) is 0 Å². The zero-order valence-electron chi connectivity index (χ0n) is 61.5. The van der Waals surface area contributed by atoms with Gasteiger partial charge in [0.05, 0.1) is 42.7 Å². The average molecular weight is 1550 g/mol. The number of amides is 10. The van der Waals surface area contributed by atoms with Crippen molar-refractivity contribution in [3.05, 3.63) is 131 Å². The second-order valence-electron chi connectivity index (χ2n) is 26.2. The maximum Gasteiger partial charge on any atom is 0.252 e. The summed E-state index contributed by atoms with van der Waals surface area (Å²) in [5, 5.41) is 56.2. The highest BCUT2D eigenvalue weighted by Gasteiger charge is 2.37. The monoisotopic (exact) mass is 1550 g/mol. The lowest BCUT2D eigenvalue weighted by Gasteiger charge is -2.28. The maximum absolute atomic E-state index is 14.7. The first-order valence-corrected chi connectivity index (χ1v) is 36.7. The van der Waals surface area contributed by atoms with Crippen molar-refractivity contribution in [1.29, 1.82) is 0 Å². The topological polar surface area (TPSA) is 527 Å². The number of aliphatic hydroxyl groups is 2. The molecule has 1 aliphatic heterocycles. The molecule has 0 unspecified atom stereocenters. The van der Waals surface area contributed by atoms with Gasteiger partial charge in [-0.25, -0.2) is 4.99 Å². The number of amidine groups is 1. The van der Waals surface area contributed by atoms with Gasteiger partial charge in [0.25, 0.3) is 5.91 Å². The Morgan fingerprint density at radius 2 is 1.27 bits per heavy atom. The number of nitrogens with one attached hydrogen (secondary N) is 11. The van der Waals surface area contributed by atoms with Crippen molar-refractivity contribution >= 4 is 110 Å². The molecule has 1 fully saturated rings. The highest BCUT2D eigenvalue weighted by atomic mass is 35.5. The number of aliphatic hydroxyl groups excluding tert-OH is 2. The lowest BCUT2D eigenvalue weighted by Crippen LogP contribution is -2.61. The van der Waals surface area contributed by atoms with Crippen LogP contribution in [0.15, 0.2) is 113 Å². The van der Waals surface area contributed by atoms with Crippen molar-refractivity contribution < 1.29 is 76.9 Å². The Balaban J connectivity index is 1.08. The number of nitrogens with two attached hydrogens (primary N) is 4. The van der Waals surface area contributed by atoms with Gasteiger partial charge in [0.1, 0.15) is 71.6 Å². The first-order valence-electron chi connectivity index (χ1n) is 35.4. The number of thioether (sulfide) groups is 1. The van der Waals surface area contributed by atoms with E-state index in [9.17, 15) is 58.2 Å². The van der Waals surface area contributed by atoms with Gasteiger partial charge < -0.3 is 110 Å². The highest BCUT2D eigenvalue weighted by Crippen LogP contribution is 2.38. The Hall–Kier alpha value is -10.5. The Bertz CT molecular complexity index is 4160. The summed E-state index contributed by atoms with van der Waals surface area (Å²) >= 11 is 8.13. The number of aryl methyl sites for hydroxylation is 1. The molecule has 21 N–H and O–H groups in total. The summed E-state index contributed by atoms with van der Waals surface area (Å²) in [7, 11) is 3.06. The number of ether oxygens (including phenoxy) is 3. The van der Waals surface area contributed by atoms with E-state index in [1.165, 1.54) is 52.0 Å². The second kappa shape index (κ2) is 42.3. The minimum absolute atomic E-state index is 0.0346. The molecule has 6 aromatic rings. The van der Waals surface area contributed by atoms with E-state index in [0.717, 1.165) is 0 Å². The second-order valence-corrected chi connectivity index (χ2v) is 27.5. The number of halogens is 1. The minimum atomic E-state index is -1.71. The van der Waals surface area contributed by atoms with Crippen LogP contribution in [0.4, 0.5) is 11.5 Å². The number of carbonyl (C=O) groups is 10. The molecule has 34 nitrogen and oxygen atoms in total. The molecule has 10 amide bonds. The van der Waals surface area contributed by atoms with Crippen LogP contribution in [0.2, 0.25) is 5.02 Å². The van der Waals surface area contributed by atoms with Crippen molar-refractivity contribution in [1.82, 2.24) is 63.3 Å². The molecule has 7 rings (SSSR count). The smallest absolute Gasteiger partial charge is 0.252 e. The van der Waals surface area contributed by atoms with Gasteiger partial charge in [-0.3, -0.25) is 52.9 Å². The van der Waals surface area contributed by atoms with Crippen LogP contribution in [0.1, 0.15) is 93.5 Å². The minimum Gasteiger partial charge on any atom is -0.493 e. The van der Waals surface area contributed by atoms with Gasteiger partial charge in [0.2, 0.25) is 53.2 Å². The Morgan fingerprint density at radius 1 is 0.670 bits per heavy atom. The Morgan fingerprint density at radius 3 is 1.84 bits per heavy atom. The van der Waals surface area contributed by atoms with E-state index in [1.807, 2.05) is 0 Å². The molecule has 588 valence electrons. The zero-order valence-corrected chi connectivity index (χ0v) is 63.1. The van der Waals surface area contributed by atoms with Gasteiger partial charge >= 0.3 is 0 Å². The molecule has 11 atom stereocenters. The molecule has 0 bridgehead atoms. The molecular formula is C73H97ClN18O16S. The Labute approximate surface area is 638 Å². The first-order chi connectivity index (χ1) is 52.1. The van der Waals surface area contributed by atoms with Gasteiger partial charge in [-0.2, -0.15) is 0 Å². The number of pyridine rings is 1. The number of rotatable bonds is 28. The van der Waals surface area contributed by atoms with Gasteiger partial charge in [-0.1, -0.05) is 84.8 Å². The summed E-state index contributed by atoms with van der Waals surface area (Å²) < 4.78 is 22.5. The third-order valence-corrected chi connectivity index (χ3v) is 18.4. The number of aromatic nitrogens is 2. The van der Waals surface area contributed by atoms with Crippen LogP contribution in [0.5, 0.6) is 23.0 Å². The van der Waals surface area contributed by atoms with Gasteiger partial charge in [0, 0.05) is 54.1 Å². The number of methoxy groups -OCH3 is 2. The summed E-state index contributed by atoms with van der Waals surface area (Å²) in [6.45, 7) is 6.52. The van der Waals surface area contributed by atoms with Crippen molar-refractivity contribution in [2.75, 3.05) is 52.3 Å². The SMILES string of the molecule is COc1cc2nccc(Oc3ccc(NC(=Nc4cc(C)on4)SCc4ccc(C(=O)N[C@H](C(=O)N[C@@H](CCN)C(=O)N[C@H]5CCNC(=O)[C@H]([C@@H](C)O)NC(=O)[C@H](CCN)NC(=O)[C@H](CCN)NC(=O)[C@H](CC(C)C)NC(=O)[C@@H](Cc6ccccc6)NC(=O)[C@H](CCN)NC5=O)[C@@H](C)O)cc4)c(Cl)c3)c2cc1OC. The van der Waals surface area contributed by atoms with Crippen LogP contribution < -0.4 is 95.6 Å². The van der Waals surface area contributed by atoms with E-state index in [1.54, 1.807) is 112 Å². The van der Waals surface area contributed by atoms with Crippen LogP contribution in [-0.4, -0.2) is 198 Å². The van der Waals surface area contributed by atoms with E-state index >= 15 is 0 Å². The molecule has 1 saturated heterocycles. The molecule has 36 heteroatoms. The van der Waals surface area contributed by atoms with Crippen molar-refractivity contribution in [2.45, 2.75) is 152 Å². The van der Waals surface area contributed by atoms with Crippen LogP contribution in [0.3, 0.4) is 0 Å². The Kier molecular flexibility index (Phi) is 33.3. The number of aliphatic imine (C=N–C) groups is 1. The van der Waals surface area contributed by atoms with Gasteiger partial charge in [0.15, 0.2) is 22.5 Å². The number of nitrogens with zero attached hydrogens (tertiary/aromatic N) is 3. The standard InChI is InChI=1S/C73H97ClN18O16S/c1-38(2)31-55-69(101)83-49(19-25-75)64(96)82-52(22-28-78)68(100)91-61(40(4)93)71(103)80-29-23-53(67(99)81-50(20-26-76)66(98)87-56(70(102)86-55)33-42-11-9-8-10-12-42)84-65(97)51(21-27-77)85-72(104)62(41(5)94)90-63(95)44-15-13-43(14-16-44)37-109-73(89-60-32-39(3)108-92-60)88-48-18-17-45(34-47(48)74)107-57-24-30-79-54-36-59(106-7)58(105-6)35-46(54)57/h8-18,24,30,32,34-36,38,40-41,49-53,55-56,61-62,93-94H,19-23,25-29,31,33,37,75-78H2,1-7H3,(H,80,103)(H,81,99)(H,82,96)(H,83,101)(H,84,97)(H,85,104)(H,86,102)(H,87,98)(H,90,95)(H,91,100)(H,88,89,92)/t40-,41-,49+,50+,51+,52+,53+,55+,56-,61+,62+/m1/s1. The molecule has 1 aliphatic rings. The quantitative estimate of drug-likeness (QED) is 0.0240. The van der Waals surface area contributed by atoms with Crippen molar-refractivity contribution in [3.8, 4) is 23.0 Å². The van der Waals surface area contributed by atoms with E-state index in [2.05, 4.69) is 73.6 Å². The van der Waals surface area contributed by atoms with E-state index < -0.39 is 139 Å². The molecule has 3 heterocycles. The van der Waals surface area contributed by atoms with Crippen LogP contribution in [-0.2, 0) is 55.3 Å². The molecule has 0 spiro atoms. The summed E-state index contributed by atoms with van der Waals surface area (Å²) in [5.74, 6) is -6.57. The number of anilines is 1. The highest BCUT2D eigenvalue weighted by molar-refractivity contribution is 8.13. The lowest BCUT2D eigenvalue weighted by molar-refractivity contribution is -0.136. The van der Waals surface area contributed by atoms with E-state index in [0.29, 0.717) is 61.6 Å². The number of hydrogen-bond acceptors (Lipinski definition) is 24. The molecule has 0 aliphatic carbocycles. The van der Waals surface area contributed by atoms with E-state index in [4.69, 9.17) is 53.3 Å². The molecular weight excluding hydrogens is 1450 g/mol.